The van der Waals surface area contributed by atoms with Gasteiger partial charge in [-0.05, 0) is 37.6 Å². The SMILES string of the molecule is C=COCCCNC1CC(C(C)C)C1. The zero-order chi connectivity index (χ0) is 10.4. The normalized spacial score (nSPS) is 25.9. The van der Waals surface area contributed by atoms with Crippen molar-refractivity contribution in [3.63, 3.8) is 0 Å². The molecular weight excluding hydrogens is 174 g/mol. The van der Waals surface area contributed by atoms with Crippen molar-refractivity contribution in [3.8, 4) is 0 Å². The van der Waals surface area contributed by atoms with Crippen LogP contribution in [0.3, 0.4) is 0 Å². The highest BCUT2D eigenvalue weighted by Gasteiger charge is 2.30. The number of ether oxygens (including phenoxy) is 1. The molecule has 1 saturated carbocycles. The predicted octanol–water partition coefficient (Wildman–Crippen LogP) is 2.56. The molecule has 1 fully saturated rings. The molecule has 0 heterocycles. The minimum atomic E-state index is 0.770. The summed E-state index contributed by atoms with van der Waals surface area (Å²) in [6, 6.07) is 0.770. The monoisotopic (exact) mass is 197 g/mol. The van der Waals surface area contributed by atoms with Crippen molar-refractivity contribution in [2.24, 2.45) is 11.8 Å². The Balaban J connectivity index is 1.88. The van der Waals surface area contributed by atoms with Gasteiger partial charge in [0.05, 0.1) is 12.9 Å². The summed E-state index contributed by atoms with van der Waals surface area (Å²) in [5, 5.41) is 3.55. The largest absolute Gasteiger partial charge is 0.502 e. The van der Waals surface area contributed by atoms with Crippen LogP contribution in [0.4, 0.5) is 0 Å². The summed E-state index contributed by atoms with van der Waals surface area (Å²) in [4.78, 5) is 0. The minimum Gasteiger partial charge on any atom is -0.502 e. The molecule has 0 bridgehead atoms. The van der Waals surface area contributed by atoms with E-state index in [1.807, 2.05) is 0 Å². The van der Waals surface area contributed by atoms with Gasteiger partial charge in [0.1, 0.15) is 0 Å². The van der Waals surface area contributed by atoms with Crippen LogP contribution in [0.5, 0.6) is 0 Å². The van der Waals surface area contributed by atoms with Gasteiger partial charge in [0.2, 0.25) is 0 Å². The highest BCUT2D eigenvalue weighted by atomic mass is 16.5. The van der Waals surface area contributed by atoms with Gasteiger partial charge in [0.25, 0.3) is 0 Å². The van der Waals surface area contributed by atoms with Crippen molar-refractivity contribution in [1.82, 2.24) is 5.32 Å². The molecule has 0 amide bonds. The van der Waals surface area contributed by atoms with Gasteiger partial charge in [-0.3, -0.25) is 0 Å². The molecule has 0 aromatic heterocycles. The first-order valence-electron chi connectivity index (χ1n) is 5.70. The van der Waals surface area contributed by atoms with E-state index in [-0.39, 0.29) is 0 Å². The molecule has 0 atom stereocenters. The molecule has 0 aromatic carbocycles. The predicted molar refractivity (Wildman–Crippen MR) is 60.1 cm³/mol. The van der Waals surface area contributed by atoms with Crippen LogP contribution in [0.1, 0.15) is 33.1 Å². The van der Waals surface area contributed by atoms with Crippen LogP contribution in [-0.4, -0.2) is 19.2 Å². The fourth-order valence-corrected chi connectivity index (χ4v) is 1.92. The number of hydrogen-bond donors (Lipinski definition) is 1. The van der Waals surface area contributed by atoms with E-state index in [4.69, 9.17) is 4.74 Å². The average molecular weight is 197 g/mol. The molecule has 82 valence electrons. The lowest BCUT2D eigenvalue weighted by Crippen LogP contribution is -2.43. The molecule has 1 aliphatic carbocycles. The second-order valence-corrected chi connectivity index (χ2v) is 4.52. The van der Waals surface area contributed by atoms with Crippen LogP contribution in [0.25, 0.3) is 0 Å². The van der Waals surface area contributed by atoms with E-state index in [0.717, 1.165) is 37.5 Å². The quantitative estimate of drug-likeness (QED) is 0.500. The van der Waals surface area contributed by atoms with Crippen LogP contribution in [0.2, 0.25) is 0 Å². The fraction of sp³-hybridized carbons (Fsp3) is 0.833. The van der Waals surface area contributed by atoms with Crippen LogP contribution in [-0.2, 0) is 4.74 Å². The van der Waals surface area contributed by atoms with Gasteiger partial charge in [-0.25, -0.2) is 0 Å². The van der Waals surface area contributed by atoms with Gasteiger partial charge in [0, 0.05) is 6.04 Å². The van der Waals surface area contributed by atoms with Crippen LogP contribution < -0.4 is 5.32 Å². The van der Waals surface area contributed by atoms with Crippen molar-refractivity contribution < 1.29 is 4.74 Å². The second-order valence-electron chi connectivity index (χ2n) is 4.52. The van der Waals surface area contributed by atoms with Crippen molar-refractivity contribution >= 4 is 0 Å². The second kappa shape index (κ2) is 6.07. The summed E-state index contributed by atoms with van der Waals surface area (Å²) in [6.45, 7) is 10.0. The molecule has 14 heavy (non-hydrogen) atoms. The molecule has 1 N–H and O–H groups in total. The maximum Gasteiger partial charge on any atom is 0.0885 e. The van der Waals surface area contributed by atoms with E-state index >= 15 is 0 Å². The summed E-state index contributed by atoms with van der Waals surface area (Å²) in [6.07, 6.45) is 5.31. The fourth-order valence-electron chi connectivity index (χ4n) is 1.92. The number of hydrogen-bond acceptors (Lipinski definition) is 2. The van der Waals surface area contributed by atoms with Crippen molar-refractivity contribution in [1.29, 1.82) is 0 Å². The summed E-state index contributed by atoms with van der Waals surface area (Å²) < 4.78 is 5.05. The Bertz CT molecular complexity index is 162. The highest BCUT2D eigenvalue weighted by Crippen LogP contribution is 2.33. The Morgan fingerprint density at radius 3 is 2.79 bits per heavy atom. The van der Waals surface area contributed by atoms with Gasteiger partial charge >= 0.3 is 0 Å². The molecule has 1 rings (SSSR count). The van der Waals surface area contributed by atoms with E-state index in [0.29, 0.717) is 0 Å². The molecule has 0 saturated heterocycles. The van der Waals surface area contributed by atoms with Crippen LogP contribution in [0, 0.1) is 11.8 Å². The van der Waals surface area contributed by atoms with Crippen molar-refractivity contribution in [2.45, 2.75) is 39.2 Å². The summed E-state index contributed by atoms with van der Waals surface area (Å²) in [7, 11) is 0. The summed E-state index contributed by atoms with van der Waals surface area (Å²) in [5.74, 6) is 1.81. The standard InChI is InChI=1S/C12H23NO/c1-4-14-7-5-6-13-12-8-11(9-12)10(2)3/h4,10-13H,1,5-9H2,2-3H3. The topological polar surface area (TPSA) is 21.3 Å². The Labute approximate surface area is 87.7 Å². The Morgan fingerprint density at radius 1 is 1.50 bits per heavy atom. The molecule has 0 aliphatic heterocycles. The number of nitrogens with one attached hydrogen (secondary N) is 1. The Hall–Kier alpha value is -0.500. The first kappa shape index (κ1) is 11.6. The molecular formula is C12H23NO. The highest BCUT2D eigenvalue weighted by molar-refractivity contribution is 4.86. The first-order chi connectivity index (χ1) is 6.74. The minimum absolute atomic E-state index is 0.770. The third kappa shape index (κ3) is 3.70. The Morgan fingerprint density at radius 2 is 2.21 bits per heavy atom. The summed E-state index contributed by atoms with van der Waals surface area (Å²) in [5.41, 5.74) is 0. The van der Waals surface area contributed by atoms with Crippen molar-refractivity contribution in [3.05, 3.63) is 12.8 Å². The molecule has 0 radical (unpaired) electrons. The van der Waals surface area contributed by atoms with E-state index in [1.54, 1.807) is 0 Å². The average Bonchev–Trinajstić information content (AvgIpc) is 2.06. The zero-order valence-electron chi connectivity index (χ0n) is 9.46. The van der Waals surface area contributed by atoms with Crippen LogP contribution >= 0.6 is 0 Å². The molecule has 2 nitrogen and oxygen atoms in total. The maximum atomic E-state index is 5.05. The van der Waals surface area contributed by atoms with Crippen molar-refractivity contribution in [2.75, 3.05) is 13.2 Å². The van der Waals surface area contributed by atoms with E-state index < -0.39 is 0 Å². The van der Waals surface area contributed by atoms with E-state index in [2.05, 4.69) is 25.7 Å². The lowest BCUT2D eigenvalue weighted by atomic mass is 9.74. The zero-order valence-corrected chi connectivity index (χ0v) is 9.46. The number of rotatable bonds is 7. The molecule has 1 aliphatic rings. The van der Waals surface area contributed by atoms with E-state index in [1.165, 1.54) is 19.1 Å². The molecule has 2 heteroatoms. The molecule has 0 unspecified atom stereocenters. The van der Waals surface area contributed by atoms with Gasteiger partial charge in [-0.15, -0.1) is 0 Å². The lowest BCUT2D eigenvalue weighted by Gasteiger charge is -2.38. The maximum absolute atomic E-state index is 5.05. The third-order valence-corrected chi connectivity index (χ3v) is 3.11. The Kier molecular flexibility index (Phi) is 5.02. The summed E-state index contributed by atoms with van der Waals surface area (Å²) >= 11 is 0. The molecule has 0 aromatic rings. The van der Waals surface area contributed by atoms with Gasteiger partial charge in [-0.2, -0.15) is 0 Å². The van der Waals surface area contributed by atoms with E-state index in [9.17, 15) is 0 Å². The third-order valence-electron chi connectivity index (χ3n) is 3.11. The van der Waals surface area contributed by atoms with Gasteiger partial charge in [-0.1, -0.05) is 20.4 Å². The van der Waals surface area contributed by atoms with Gasteiger partial charge < -0.3 is 10.1 Å². The molecule has 0 spiro atoms. The smallest absolute Gasteiger partial charge is 0.0885 e. The van der Waals surface area contributed by atoms with Gasteiger partial charge in [0.15, 0.2) is 0 Å². The first-order valence-corrected chi connectivity index (χ1v) is 5.70. The van der Waals surface area contributed by atoms with Crippen LogP contribution in [0.15, 0.2) is 12.8 Å². The lowest BCUT2D eigenvalue weighted by molar-refractivity contribution is 0.164.